The van der Waals surface area contributed by atoms with Gasteiger partial charge in [0.1, 0.15) is 5.82 Å². The standard InChI is InChI=1S/C15H18N2O3.C4H4O4.HNO3/c18-7-3-1-2-5-16-15-12-9-14-13(19-10-20-14)8-11(12)4-6-17-15;5-3(6)1-2-4(7)8;2-1(3)4/h4,6,8-9,18H,1-3,5,7,10H2,(H,16,17);1-2H,(H,5,6)(H,7,8);(H,2,3,4)/b;2-1-;. The van der Waals surface area contributed by atoms with Crippen LogP contribution in [0.3, 0.4) is 0 Å². The van der Waals surface area contributed by atoms with Gasteiger partial charge in [-0.1, -0.05) is 0 Å². The SMILES string of the molecule is O=C(O)/C=C\C(=O)O.O=[N+]([O-])O.OCCCCCNc1nccc2cc3c(cc12)OCO3. The maximum atomic E-state index is 9.55. The van der Waals surface area contributed by atoms with E-state index in [0.717, 1.165) is 53.9 Å². The lowest BCUT2D eigenvalue weighted by Gasteiger charge is -2.09. The van der Waals surface area contributed by atoms with Crippen LogP contribution in [0.4, 0.5) is 5.82 Å². The molecule has 2 aromatic rings. The molecule has 174 valence electrons. The number of hydrogen-bond donors (Lipinski definition) is 5. The number of nitrogens with zero attached hydrogens (tertiary/aromatic N) is 2. The third kappa shape index (κ3) is 10.1. The number of carbonyl (C=O) groups is 2. The predicted molar refractivity (Wildman–Crippen MR) is 110 cm³/mol. The van der Waals surface area contributed by atoms with Crippen LogP contribution < -0.4 is 14.8 Å². The van der Waals surface area contributed by atoms with Gasteiger partial charge in [0, 0.05) is 36.9 Å². The van der Waals surface area contributed by atoms with Gasteiger partial charge in [0.05, 0.1) is 0 Å². The fraction of sp³-hybridized carbons (Fsp3) is 0.316. The van der Waals surface area contributed by atoms with Crippen molar-refractivity contribution in [3.8, 4) is 11.5 Å². The molecule has 0 amide bonds. The van der Waals surface area contributed by atoms with Crippen molar-refractivity contribution in [3.05, 3.63) is 46.7 Å². The molecule has 0 saturated carbocycles. The van der Waals surface area contributed by atoms with Gasteiger partial charge in [-0.05, 0) is 42.8 Å². The van der Waals surface area contributed by atoms with E-state index in [1.807, 2.05) is 18.2 Å². The Labute approximate surface area is 181 Å². The molecule has 5 N–H and O–H groups in total. The summed E-state index contributed by atoms with van der Waals surface area (Å²) in [4.78, 5) is 31.9. The van der Waals surface area contributed by atoms with Gasteiger partial charge in [-0.2, -0.15) is 0 Å². The molecule has 2 heterocycles. The highest BCUT2D eigenvalue weighted by atomic mass is 16.9. The minimum atomic E-state index is -1.50. The van der Waals surface area contributed by atoms with E-state index in [2.05, 4.69) is 10.3 Å². The largest absolute Gasteiger partial charge is 0.478 e. The first-order valence-electron chi connectivity index (χ1n) is 9.25. The number of nitrogens with one attached hydrogen (secondary N) is 1. The zero-order valence-corrected chi connectivity index (χ0v) is 16.8. The second kappa shape index (κ2) is 14.0. The topological polar surface area (TPSA) is 202 Å². The number of aliphatic carboxylic acids is 2. The summed E-state index contributed by atoms with van der Waals surface area (Å²) in [6, 6.07) is 5.92. The Bertz CT molecular complexity index is 928. The Kier molecular flexibility index (Phi) is 11.3. The number of rotatable bonds is 8. The van der Waals surface area contributed by atoms with E-state index in [4.69, 9.17) is 40.1 Å². The van der Waals surface area contributed by atoms with Gasteiger partial charge >= 0.3 is 11.9 Å². The molecule has 0 unspecified atom stereocenters. The number of fused-ring (bicyclic) bond motifs is 2. The van der Waals surface area contributed by atoms with Gasteiger partial charge in [-0.15, -0.1) is 10.1 Å². The molecule has 1 aliphatic heterocycles. The molecule has 0 aliphatic carbocycles. The van der Waals surface area contributed by atoms with E-state index < -0.39 is 17.0 Å². The van der Waals surface area contributed by atoms with Crippen molar-refractivity contribution in [2.45, 2.75) is 19.3 Å². The van der Waals surface area contributed by atoms with Gasteiger partial charge in [-0.3, -0.25) is 0 Å². The van der Waals surface area contributed by atoms with Crippen LogP contribution in [0, 0.1) is 10.1 Å². The van der Waals surface area contributed by atoms with E-state index >= 15 is 0 Å². The summed E-state index contributed by atoms with van der Waals surface area (Å²) in [5.41, 5.74) is 0. The fourth-order valence-electron chi connectivity index (χ4n) is 2.47. The smallest absolute Gasteiger partial charge is 0.328 e. The molecule has 32 heavy (non-hydrogen) atoms. The van der Waals surface area contributed by atoms with E-state index in [0.29, 0.717) is 12.2 Å². The number of benzene rings is 1. The maximum absolute atomic E-state index is 9.55. The molecule has 0 spiro atoms. The van der Waals surface area contributed by atoms with Crippen LogP contribution in [0.1, 0.15) is 19.3 Å². The van der Waals surface area contributed by atoms with Crippen molar-refractivity contribution in [2.75, 3.05) is 25.3 Å². The summed E-state index contributed by atoms with van der Waals surface area (Å²) in [6.45, 7) is 1.39. The molecular formula is C19H23N3O10. The number of pyridine rings is 1. The highest BCUT2D eigenvalue weighted by Crippen LogP contribution is 2.37. The molecule has 3 rings (SSSR count). The summed E-state index contributed by atoms with van der Waals surface area (Å²) in [6.07, 6.45) is 5.79. The lowest BCUT2D eigenvalue weighted by Crippen LogP contribution is -2.04. The van der Waals surface area contributed by atoms with Gasteiger partial charge < -0.3 is 35.3 Å². The number of unbranched alkanes of at least 4 members (excludes halogenated alkanes) is 2. The minimum Gasteiger partial charge on any atom is -0.478 e. The molecule has 13 nitrogen and oxygen atoms in total. The Hall–Kier alpha value is -4.13. The Morgan fingerprint density at radius 1 is 1.12 bits per heavy atom. The van der Waals surface area contributed by atoms with Crippen LogP contribution in [-0.2, 0) is 9.59 Å². The lowest BCUT2D eigenvalue weighted by atomic mass is 10.1. The number of aliphatic hydroxyl groups excluding tert-OH is 1. The minimum absolute atomic E-state index is 0.260. The zero-order chi connectivity index (χ0) is 23.9. The number of aliphatic hydroxyl groups is 1. The average molecular weight is 453 g/mol. The van der Waals surface area contributed by atoms with Crippen molar-refractivity contribution in [3.63, 3.8) is 0 Å². The lowest BCUT2D eigenvalue weighted by molar-refractivity contribution is -0.742. The molecule has 0 saturated heterocycles. The van der Waals surface area contributed by atoms with Crippen LogP contribution in [0.15, 0.2) is 36.5 Å². The van der Waals surface area contributed by atoms with Crippen molar-refractivity contribution in [2.24, 2.45) is 0 Å². The van der Waals surface area contributed by atoms with Crippen molar-refractivity contribution < 1.29 is 44.7 Å². The van der Waals surface area contributed by atoms with E-state index in [-0.39, 0.29) is 13.4 Å². The molecule has 0 bridgehead atoms. The molecule has 0 atom stereocenters. The van der Waals surface area contributed by atoms with Gasteiger partial charge in [-0.25, -0.2) is 14.6 Å². The zero-order valence-electron chi connectivity index (χ0n) is 16.8. The van der Waals surface area contributed by atoms with Crippen LogP contribution >= 0.6 is 0 Å². The fourth-order valence-corrected chi connectivity index (χ4v) is 2.47. The molecule has 0 fully saturated rings. The maximum Gasteiger partial charge on any atom is 0.328 e. The highest BCUT2D eigenvalue weighted by Gasteiger charge is 2.15. The molecular weight excluding hydrogens is 430 g/mol. The van der Waals surface area contributed by atoms with E-state index in [1.54, 1.807) is 6.20 Å². The summed E-state index contributed by atoms with van der Waals surface area (Å²) in [5.74, 6) is -0.0870. The first-order chi connectivity index (χ1) is 15.2. The van der Waals surface area contributed by atoms with Crippen LogP contribution in [-0.4, -0.2) is 62.5 Å². The third-order valence-corrected chi connectivity index (χ3v) is 3.75. The van der Waals surface area contributed by atoms with Crippen LogP contribution in [0.2, 0.25) is 0 Å². The quantitative estimate of drug-likeness (QED) is 0.168. The Morgan fingerprint density at radius 3 is 2.28 bits per heavy atom. The molecule has 1 aliphatic rings. The average Bonchev–Trinajstić information content (AvgIpc) is 3.18. The number of carboxylic acids is 2. The first kappa shape index (κ1) is 25.9. The van der Waals surface area contributed by atoms with E-state index in [1.165, 1.54) is 0 Å². The number of hydrogen-bond acceptors (Lipinski definition) is 9. The summed E-state index contributed by atoms with van der Waals surface area (Å²) in [7, 11) is 0. The summed E-state index contributed by atoms with van der Waals surface area (Å²) < 4.78 is 10.8. The molecule has 1 aromatic heterocycles. The number of anilines is 1. The monoisotopic (exact) mass is 453 g/mol. The second-order valence-electron chi connectivity index (χ2n) is 6.04. The first-order valence-corrected chi connectivity index (χ1v) is 9.25. The van der Waals surface area contributed by atoms with Gasteiger partial charge in [0.2, 0.25) is 6.79 Å². The van der Waals surface area contributed by atoms with Crippen LogP contribution in [0.5, 0.6) is 11.5 Å². The van der Waals surface area contributed by atoms with Crippen LogP contribution in [0.25, 0.3) is 10.8 Å². The highest BCUT2D eigenvalue weighted by molar-refractivity contribution is 5.94. The third-order valence-electron chi connectivity index (χ3n) is 3.75. The number of ether oxygens (including phenoxy) is 2. The normalized spacial score (nSPS) is 11.2. The van der Waals surface area contributed by atoms with E-state index in [9.17, 15) is 9.59 Å². The Balaban J connectivity index is 0.000000357. The molecule has 0 radical (unpaired) electrons. The van der Waals surface area contributed by atoms with Gasteiger partial charge in [0.25, 0.3) is 5.09 Å². The molecule has 1 aromatic carbocycles. The number of carboxylic acid groups (broad SMARTS) is 2. The summed E-state index contributed by atoms with van der Waals surface area (Å²) in [5, 5.41) is 43.5. The predicted octanol–water partition coefficient (Wildman–Crippen LogP) is 1.90. The van der Waals surface area contributed by atoms with Crippen molar-refractivity contribution in [1.82, 2.24) is 4.98 Å². The second-order valence-corrected chi connectivity index (χ2v) is 6.04. The summed E-state index contributed by atoms with van der Waals surface area (Å²) >= 11 is 0. The van der Waals surface area contributed by atoms with Crippen molar-refractivity contribution >= 4 is 28.5 Å². The Morgan fingerprint density at radius 2 is 1.72 bits per heavy atom. The van der Waals surface area contributed by atoms with Crippen molar-refractivity contribution in [1.29, 1.82) is 0 Å². The molecule has 13 heteroatoms. The van der Waals surface area contributed by atoms with Gasteiger partial charge in [0.15, 0.2) is 11.5 Å². The number of aromatic nitrogens is 1.